The molecule has 3 heterocycles. The number of benzene rings is 2. The van der Waals surface area contributed by atoms with Crippen LogP contribution in [0.15, 0.2) is 48.5 Å². The molecular weight excluding hydrogens is 510 g/mol. The number of nitrogens with zero attached hydrogens (tertiary/aromatic N) is 5. The Morgan fingerprint density at radius 1 is 1.07 bits per heavy atom. The molecule has 2 aromatic heterocycles. The predicted molar refractivity (Wildman–Crippen MR) is 148 cm³/mol. The smallest absolute Gasteiger partial charge is 0.335 e. The number of hydrogen-bond donors (Lipinski definition) is 1. The van der Waals surface area contributed by atoms with E-state index in [-0.39, 0.29) is 5.56 Å². The van der Waals surface area contributed by atoms with Crippen LogP contribution in [0.5, 0.6) is 17.4 Å². The summed E-state index contributed by atoms with van der Waals surface area (Å²) in [6, 6.07) is 16.4. The summed E-state index contributed by atoms with van der Waals surface area (Å²) in [5, 5.41) is 18.6. The lowest BCUT2D eigenvalue weighted by Gasteiger charge is -2.31. The van der Waals surface area contributed by atoms with E-state index in [1.807, 2.05) is 35.9 Å². The quantitative estimate of drug-likeness (QED) is 0.326. The lowest BCUT2D eigenvalue weighted by molar-refractivity contribution is 0.0696. The van der Waals surface area contributed by atoms with Crippen LogP contribution in [-0.2, 0) is 20.2 Å². The van der Waals surface area contributed by atoms with Crippen LogP contribution in [-0.4, -0.2) is 57.8 Å². The molecule has 1 saturated heterocycles. The number of pyridine rings is 1. The molecule has 40 heavy (non-hydrogen) atoms. The Morgan fingerprint density at radius 2 is 1.85 bits per heavy atom. The fourth-order valence-electron chi connectivity index (χ4n) is 5.14. The zero-order valence-electron chi connectivity index (χ0n) is 22.8. The van der Waals surface area contributed by atoms with Crippen molar-refractivity contribution in [1.82, 2.24) is 19.4 Å². The number of carboxylic acids is 1. The molecule has 10 heteroatoms. The number of hydrogen-bond acceptors (Lipinski definition) is 8. The van der Waals surface area contributed by atoms with Gasteiger partial charge in [0.15, 0.2) is 0 Å². The molecule has 0 radical (unpaired) electrons. The molecule has 10 nitrogen and oxygen atoms in total. The van der Waals surface area contributed by atoms with Crippen molar-refractivity contribution in [3.63, 3.8) is 0 Å². The molecule has 1 fully saturated rings. The van der Waals surface area contributed by atoms with E-state index in [9.17, 15) is 9.90 Å². The molecule has 206 valence electrons. The van der Waals surface area contributed by atoms with Crippen LogP contribution >= 0.6 is 0 Å². The first-order valence-electron chi connectivity index (χ1n) is 13.1. The average molecular weight is 542 g/mol. The Kier molecular flexibility index (Phi) is 7.84. The second-order valence-corrected chi connectivity index (χ2v) is 9.82. The Balaban J connectivity index is 1.22. The van der Waals surface area contributed by atoms with E-state index < -0.39 is 5.97 Å². The zero-order chi connectivity index (χ0) is 28.2. The van der Waals surface area contributed by atoms with Gasteiger partial charge in [-0.2, -0.15) is 5.26 Å². The number of piperidine rings is 1. The first-order chi connectivity index (χ1) is 19.4. The maximum atomic E-state index is 11.5. The molecule has 4 aromatic rings. The predicted octanol–water partition coefficient (Wildman–Crippen LogP) is 4.51. The molecule has 0 amide bonds. The molecule has 5 rings (SSSR count). The summed E-state index contributed by atoms with van der Waals surface area (Å²) in [6.07, 6.45) is 1.91. The van der Waals surface area contributed by atoms with Crippen LogP contribution in [0.25, 0.3) is 11.0 Å². The number of aryl methyl sites for hydroxylation is 1. The van der Waals surface area contributed by atoms with Gasteiger partial charge in [0, 0.05) is 30.3 Å². The summed E-state index contributed by atoms with van der Waals surface area (Å²) < 4.78 is 18.8. The highest BCUT2D eigenvalue weighted by atomic mass is 16.5. The summed E-state index contributed by atoms with van der Waals surface area (Å²) in [5.41, 5.74) is 3.98. The van der Waals surface area contributed by atoms with Crippen LogP contribution in [0.3, 0.4) is 0 Å². The normalized spacial score (nSPS) is 14.2. The van der Waals surface area contributed by atoms with Crippen molar-refractivity contribution in [3.05, 3.63) is 76.7 Å². The summed E-state index contributed by atoms with van der Waals surface area (Å²) >= 11 is 0. The molecule has 0 bridgehead atoms. The van der Waals surface area contributed by atoms with Crippen molar-refractivity contribution >= 4 is 17.0 Å². The number of likely N-dealkylation sites (tertiary alicyclic amines) is 1. The highest BCUT2D eigenvalue weighted by molar-refractivity contribution is 5.95. The third-order valence-corrected chi connectivity index (χ3v) is 7.42. The van der Waals surface area contributed by atoms with Gasteiger partial charge in [-0.25, -0.2) is 14.8 Å². The first kappa shape index (κ1) is 27.0. The molecular formula is C30H31N5O5. The number of rotatable bonds is 9. The van der Waals surface area contributed by atoms with Crippen LogP contribution in [0.2, 0.25) is 0 Å². The van der Waals surface area contributed by atoms with Crippen LogP contribution in [0.1, 0.15) is 51.8 Å². The summed E-state index contributed by atoms with van der Waals surface area (Å²) in [5.74, 6) is 1.82. The van der Waals surface area contributed by atoms with E-state index in [2.05, 4.69) is 11.0 Å². The molecule has 2 aromatic carbocycles. The minimum Gasteiger partial charge on any atom is -0.496 e. The molecule has 0 saturated carbocycles. The number of methoxy groups -OCH3 is 2. The SMILES string of the molecule is COc1cc(C#N)ccc1COc1cccc(C2CCN(Cc3nc4c(OC)cc(C(=O)O)cc4n3C)CC2)n1. The van der Waals surface area contributed by atoms with Crippen LogP contribution in [0, 0.1) is 11.3 Å². The fourth-order valence-corrected chi connectivity index (χ4v) is 5.14. The molecule has 1 aliphatic rings. The fraction of sp³-hybridized carbons (Fsp3) is 0.333. The molecule has 1 N–H and O–H groups in total. The highest BCUT2D eigenvalue weighted by Crippen LogP contribution is 2.31. The largest absolute Gasteiger partial charge is 0.496 e. The number of aromatic carboxylic acids is 1. The molecule has 0 aliphatic carbocycles. The first-order valence-corrected chi connectivity index (χ1v) is 13.1. The number of carbonyl (C=O) groups is 1. The molecule has 1 aliphatic heterocycles. The van der Waals surface area contributed by atoms with Gasteiger partial charge in [-0.3, -0.25) is 4.90 Å². The van der Waals surface area contributed by atoms with Gasteiger partial charge < -0.3 is 23.9 Å². The number of ether oxygens (including phenoxy) is 3. The number of nitriles is 1. The Labute approximate surface area is 232 Å². The summed E-state index contributed by atoms with van der Waals surface area (Å²) in [7, 11) is 5.01. The topological polar surface area (TPSA) is 123 Å². The highest BCUT2D eigenvalue weighted by Gasteiger charge is 2.24. The number of fused-ring (bicyclic) bond motifs is 1. The van der Waals surface area contributed by atoms with Gasteiger partial charge in [0.05, 0.1) is 43.5 Å². The van der Waals surface area contributed by atoms with E-state index in [0.29, 0.717) is 47.5 Å². The average Bonchev–Trinajstić information content (AvgIpc) is 3.30. The lowest BCUT2D eigenvalue weighted by atomic mass is 9.93. The Bertz CT molecular complexity index is 1580. The Morgan fingerprint density at radius 3 is 2.55 bits per heavy atom. The maximum Gasteiger partial charge on any atom is 0.335 e. The third kappa shape index (κ3) is 5.55. The van der Waals surface area contributed by atoms with Gasteiger partial charge >= 0.3 is 5.97 Å². The van der Waals surface area contributed by atoms with Crippen LogP contribution in [0.4, 0.5) is 0 Å². The molecule has 0 spiro atoms. The van der Waals surface area contributed by atoms with Gasteiger partial charge in [-0.1, -0.05) is 12.1 Å². The van der Waals surface area contributed by atoms with E-state index in [1.165, 1.54) is 13.2 Å². The number of aromatic nitrogens is 3. The lowest BCUT2D eigenvalue weighted by Crippen LogP contribution is -2.33. The Hall–Kier alpha value is -4.62. The van der Waals surface area contributed by atoms with Gasteiger partial charge in [0.25, 0.3) is 0 Å². The molecule has 0 atom stereocenters. The van der Waals surface area contributed by atoms with E-state index >= 15 is 0 Å². The van der Waals surface area contributed by atoms with Gasteiger partial charge in [0.1, 0.15) is 29.4 Å². The number of carboxylic acid groups (broad SMARTS) is 1. The van der Waals surface area contributed by atoms with Crippen molar-refractivity contribution in [2.45, 2.75) is 31.9 Å². The number of imidazole rings is 1. The second kappa shape index (κ2) is 11.6. The third-order valence-electron chi connectivity index (χ3n) is 7.42. The van der Waals surface area contributed by atoms with E-state index in [1.54, 1.807) is 25.3 Å². The summed E-state index contributed by atoms with van der Waals surface area (Å²) in [4.78, 5) is 23.5. The van der Waals surface area contributed by atoms with E-state index in [0.717, 1.165) is 48.5 Å². The van der Waals surface area contributed by atoms with Crippen molar-refractivity contribution in [3.8, 4) is 23.4 Å². The van der Waals surface area contributed by atoms with Crippen LogP contribution < -0.4 is 14.2 Å². The maximum absolute atomic E-state index is 11.5. The minimum absolute atomic E-state index is 0.175. The molecule has 0 unspecified atom stereocenters. The second-order valence-electron chi connectivity index (χ2n) is 9.82. The standard InChI is InChI=1S/C30H31N5O5/c1-34-24-14-22(30(36)37)15-26(39-3)29(24)33-27(34)17-35-11-9-20(10-12-35)23-5-4-6-28(32-23)40-18-21-8-7-19(16-31)13-25(21)38-2/h4-8,13-15,20H,9-12,17-18H2,1-3H3,(H,36,37). The van der Waals surface area contributed by atoms with Crippen molar-refractivity contribution in [1.29, 1.82) is 5.26 Å². The van der Waals surface area contributed by atoms with E-state index in [4.69, 9.17) is 29.4 Å². The zero-order valence-corrected chi connectivity index (χ0v) is 22.8. The van der Waals surface area contributed by atoms with Gasteiger partial charge in [-0.05, 0) is 56.3 Å². The monoisotopic (exact) mass is 541 g/mol. The van der Waals surface area contributed by atoms with Crippen molar-refractivity contribution in [2.24, 2.45) is 7.05 Å². The van der Waals surface area contributed by atoms with Gasteiger partial charge in [0.2, 0.25) is 5.88 Å². The van der Waals surface area contributed by atoms with Crippen molar-refractivity contribution < 1.29 is 24.1 Å². The summed E-state index contributed by atoms with van der Waals surface area (Å²) in [6.45, 7) is 2.73. The minimum atomic E-state index is -0.998. The van der Waals surface area contributed by atoms with Gasteiger partial charge in [-0.15, -0.1) is 0 Å². The van der Waals surface area contributed by atoms with Crippen molar-refractivity contribution in [2.75, 3.05) is 27.3 Å².